The average molecular weight is 215 g/mol. The van der Waals surface area contributed by atoms with Gasteiger partial charge in [0.2, 0.25) is 5.13 Å². The lowest BCUT2D eigenvalue weighted by molar-refractivity contribution is -0.141. The Labute approximate surface area is 86.2 Å². The maximum absolute atomic E-state index is 10.8. The van der Waals surface area contributed by atoms with Crippen LogP contribution in [-0.4, -0.2) is 27.8 Å². The Kier molecular flexibility index (Phi) is 4.31. The second-order valence-corrected chi connectivity index (χ2v) is 3.78. The molecule has 1 rings (SSSR count). The molecule has 0 saturated carbocycles. The number of hydrogen-bond acceptors (Lipinski definition) is 5. The Balaban J connectivity index is 2.37. The molecule has 0 radical (unpaired) electrons. The predicted octanol–water partition coefficient (Wildman–Crippen LogP) is 1.45. The molecule has 0 saturated heterocycles. The molecule has 0 aliphatic carbocycles. The van der Waals surface area contributed by atoms with Crippen molar-refractivity contribution in [2.75, 3.05) is 11.9 Å². The van der Waals surface area contributed by atoms with Gasteiger partial charge in [0.15, 0.2) is 0 Å². The third-order valence-electron chi connectivity index (χ3n) is 1.85. The fourth-order valence-corrected chi connectivity index (χ4v) is 1.58. The molecule has 0 aliphatic rings. The molecule has 5 nitrogen and oxygen atoms in total. The van der Waals surface area contributed by atoms with E-state index in [2.05, 4.69) is 15.5 Å². The van der Waals surface area contributed by atoms with Gasteiger partial charge in [-0.2, -0.15) is 0 Å². The fraction of sp³-hybridized carbons (Fsp3) is 0.625. The average Bonchev–Trinajstić information content (AvgIpc) is 2.64. The summed E-state index contributed by atoms with van der Waals surface area (Å²) in [5.74, 6) is -1.10. The number of carboxylic acids is 1. The highest BCUT2D eigenvalue weighted by molar-refractivity contribution is 7.13. The van der Waals surface area contributed by atoms with E-state index in [0.717, 1.165) is 6.42 Å². The van der Waals surface area contributed by atoms with Gasteiger partial charge in [0.1, 0.15) is 5.51 Å². The van der Waals surface area contributed by atoms with Crippen molar-refractivity contribution in [3.8, 4) is 0 Å². The molecule has 0 amide bonds. The second kappa shape index (κ2) is 5.54. The van der Waals surface area contributed by atoms with E-state index in [-0.39, 0.29) is 5.92 Å². The Morgan fingerprint density at radius 1 is 1.79 bits per heavy atom. The Morgan fingerprint density at radius 3 is 3.07 bits per heavy atom. The lowest BCUT2D eigenvalue weighted by atomic mass is 10.0. The molecule has 14 heavy (non-hydrogen) atoms. The van der Waals surface area contributed by atoms with Gasteiger partial charge in [0.25, 0.3) is 0 Å². The number of carbonyl (C=O) groups is 1. The molecule has 0 spiro atoms. The smallest absolute Gasteiger partial charge is 0.308 e. The molecule has 6 heteroatoms. The van der Waals surface area contributed by atoms with Crippen molar-refractivity contribution in [2.45, 2.75) is 19.8 Å². The number of nitrogens with zero attached hydrogens (tertiary/aromatic N) is 2. The number of nitrogens with one attached hydrogen (secondary N) is 1. The third-order valence-corrected chi connectivity index (χ3v) is 2.50. The quantitative estimate of drug-likeness (QED) is 0.751. The molecular formula is C8H13N3O2S. The van der Waals surface area contributed by atoms with Crippen LogP contribution in [0.4, 0.5) is 5.13 Å². The molecule has 1 atom stereocenters. The molecule has 1 aromatic heterocycles. The van der Waals surface area contributed by atoms with Crippen molar-refractivity contribution >= 4 is 22.4 Å². The first-order chi connectivity index (χ1) is 6.74. The molecule has 1 unspecified atom stereocenters. The van der Waals surface area contributed by atoms with Crippen molar-refractivity contribution in [1.82, 2.24) is 10.2 Å². The van der Waals surface area contributed by atoms with Gasteiger partial charge in [-0.05, 0) is 6.42 Å². The monoisotopic (exact) mass is 215 g/mol. The minimum Gasteiger partial charge on any atom is -0.481 e. The number of rotatable bonds is 6. The maximum Gasteiger partial charge on any atom is 0.308 e. The summed E-state index contributed by atoms with van der Waals surface area (Å²) in [5, 5.41) is 19.9. The van der Waals surface area contributed by atoms with Crippen LogP contribution in [0.15, 0.2) is 5.51 Å². The van der Waals surface area contributed by atoms with E-state index >= 15 is 0 Å². The van der Waals surface area contributed by atoms with Crippen LogP contribution in [0.25, 0.3) is 0 Å². The van der Waals surface area contributed by atoms with Gasteiger partial charge in [0.05, 0.1) is 5.92 Å². The van der Waals surface area contributed by atoms with Crippen molar-refractivity contribution in [3.05, 3.63) is 5.51 Å². The number of hydrogen-bond donors (Lipinski definition) is 2. The summed E-state index contributed by atoms with van der Waals surface area (Å²) in [6.07, 6.45) is 1.55. The van der Waals surface area contributed by atoms with E-state index in [1.807, 2.05) is 6.92 Å². The van der Waals surface area contributed by atoms with Gasteiger partial charge in [-0.3, -0.25) is 4.79 Å². The van der Waals surface area contributed by atoms with E-state index < -0.39 is 5.97 Å². The highest BCUT2D eigenvalue weighted by Gasteiger charge is 2.16. The summed E-state index contributed by atoms with van der Waals surface area (Å²) in [5.41, 5.74) is 1.61. The summed E-state index contributed by atoms with van der Waals surface area (Å²) in [7, 11) is 0. The molecule has 0 aliphatic heterocycles. The normalized spacial score (nSPS) is 12.4. The number of anilines is 1. The first-order valence-corrected chi connectivity index (χ1v) is 5.34. The first kappa shape index (κ1) is 10.9. The van der Waals surface area contributed by atoms with Crippen molar-refractivity contribution in [3.63, 3.8) is 0 Å². The minimum absolute atomic E-state index is 0.344. The number of carboxylic acid groups (broad SMARTS) is 1. The fourth-order valence-electron chi connectivity index (χ4n) is 1.12. The van der Waals surface area contributed by atoms with Crippen molar-refractivity contribution in [1.29, 1.82) is 0 Å². The largest absolute Gasteiger partial charge is 0.481 e. The van der Waals surface area contributed by atoms with Crippen LogP contribution < -0.4 is 5.32 Å². The summed E-state index contributed by atoms with van der Waals surface area (Å²) in [4.78, 5) is 10.8. The first-order valence-electron chi connectivity index (χ1n) is 4.47. The lowest BCUT2D eigenvalue weighted by Gasteiger charge is -2.10. The van der Waals surface area contributed by atoms with Crippen LogP contribution in [0.5, 0.6) is 0 Å². The van der Waals surface area contributed by atoms with E-state index in [9.17, 15) is 4.79 Å². The van der Waals surface area contributed by atoms with E-state index in [1.54, 1.807) is 5.51 Å². The molecule has 1 aromatic rings. The van der Waals surface area contributed by atoms with Gasteiger partial charge in [-0.1, -0.05) is 24.7 Å². The zero-order valence-corrected chi connectivity index (χ0v) is 8.75. The molecule has 78 valence electrons. The number of aromatic nitrogens is 2. The van der Waals surface area contributed by atoms with Crippen LogP contribution in [0, 0.1) is 5.92 Å². The zero-order valence-electron chi connectivity index (χ0n) is 7.93. The Hall–Kier alpha value is -1.17. The standard InChI is InChI=1S/C8H13N3O2S/c1-2-3-6(7(12)13)4-9-8-11-10-5-14-8/h5-6H,2-4H2,1H3,(H,9,11)(H,12,13). The van der Waals surface area contributed by atoms with Crippen molar-refractivity contribution in [2.24, 2.45) is 5.92 Å². The summed E-state index contributed by atoms with van der Waals surface area (Å²) in [6.45, 7) is 2.39. The molecule has 1 heterocycles. The van der Waals surface area contributed by atoms with E-state index in [0.29, 0.717) is 18.1 Å². The summed E-state index contributed by atoms with van der Waals surface area (Å²) >= 11 is 1.37. The van der Waals surface area contributed by atoms with Gasteiger partial charge in [0, 0.05) is 6.54 Å². The van der Waals surface area contributed by atoms with E-state index in [4.69, 9.17) is 5.11 Å². The van der Waals surface area contributed by atoms with Crippen LogP contribution in [-0.2, 0) is 4.79 Å². The van der Waals surface area contributed by atoms with Gasteiger partial charge >= 0.3 is 5.97 Å². The zero-order chi connectivity index (χ0) is 10.4. The van der Waals surface area contributed by atoms with E-state index in [1.165, 1.54) is 11.3 Å². The number of aliphatic carboxylic acids is 1. The summed E-state index contributed by atoms with van der Waals surface area (Å²) in [6, 6.07) is 0. The third kappa shape index (κ3) is 3.29. The Morgan fingerprint density at radius 2 is 2.57 bits per heavy atom. The van der Waals surface area contributed by atoms with Crippen LogP contribution >= 0.6 is 11.3 Å². The van der Waals surface area contributed by atoms with Crippen LogP contribution in [0.3, 0.4) is 0 Å². The van der Waals surface area contributed by atoms with Gasteiger partial charge < -0.3 is 10.4 Å². The molecule has 0 bridgehead atoms. The molecular weight excluding hydrogens is 202 g/mol. The summed E-state index contributed by atoms with van der Waals surface area (Å²) < 4.78 is 0. The maximum atomic E-state index is 10.8. The van der Waals surface area contributed by atoms with Crippen LogP contribution in [0.1, 0.15) is 19.8 Å². The van der Waals surface area contributed by atoms with Gasteiger partial charge in [-0.15, -0.1) is 10.2 Å². The lowest BCUT2D eigenvalue weighted by Crippen LogP contribution is -2.22. The Bertz CT molecular complexity index is 276. The van der Waals surface area contributed by atoms with Gasteiger partial charge in [-0.25, -0.2) is 0 Å². The predicted molar refractivity (Wildman–Crippen MR) is 54.4 cm³/mol. The topological polar surface area (TPSA) is 75.1 Å². The highest BCUT2D eigenvalue weighted by atomic mass is 32.1. The SMILES string of the molecule is CCCC(CNc1nncs1)C(=O)O. The minimum atomic E-state index is -0.760. The highest BCUT2D eigenvalue weighted by Crippen LogP contribution is 2.11. The second-order valence-electron chi connectivity index (χ2n) is 2.95. The molecule has 0 aromatic carbocycles. The van der Waals surface area contributed by atoms with Crippen LogP contribution in [0.2, 0.25) is 0 Å². The van der Waals surface area contributed by atoms with Crippen molar-refractivity contribution < 1.29 is 9.90 Å². The molecule has 2 N–H and O–H groups in total. The molecule has 0 fully saturated rings.